The van der Waals surface area contributed by atoms with Crippen molar-refractivity contribution in [2.75, 3.05) is 0 Å². The number of benzene rings is 4. The van der Waals surface area contributed by atoms with Gasteiger partial charge in [-0.25, -0.2) is 0 Å². The van der Waals surface area contributed by atoms with Gasteiger partial charge in [-0.1, -0.05) is 84.6 Å². The molecule has 0 atom stereocenters. The second-order valence-electron chi connectivity index (χ2n) is 8.87. The van der Waals surface area contributed by atoms with Crippen LogP contribution >= 0.6 is 23.1 Å². The first-order valence-corrected chi connectivity index (χ1v) is 13.0. The summed E-state index contributed by atoms with van der Waals surface area (Å²) in [4.78, 5) is 16.4. The van der Waals surface area contributed by atoms with Gasteiger partial charge < -0.3 is 0 Å². The fourth-order valence-electron chi connectivity index (χ4n) is 6.13. The fraction of sp³-hybridized carbons (Fsp3) is 0.0333. The highest BCUT2D eigenvalue weighted by atomic mass is 32.2. The van der Waals surface area contributed by atoms with E-state index in [9.17, 15) is 4.79 Å². The molecule has 0 saturated heterocycles. The quantitative estimate of drug-likeness (QED) is 0.230. The maximum absolute atomic E-state index is 13.9. The van der Waals surface area contributed by atoms with Gasteiger partial charge in [0.2, 0.25) is 0 Å². The number of thiophene rings is 1. The molecule has 4 heteroatoms. The van der Waals surface area contributed by atoms with Crippen molar-refractivity contribution in [3.8, 4) is 5.69 Å². The molecule has 4 heterocycles. The summed E-state index contributed by atoms with van der Waals surface area (Å²) in [7, 11) is 0. The van der Waals surface area contributed by atoms with Gasteiger partial charge in [0, 0.05) is 20.6 Å². The SMILES string of the molecule is O=c1c2sccc2c2cccc3c2n1-c1ccccc1C31c2ccccc2Sc2ccccc21. The van der Waals surface area contributed by atoms with E-state index in [-0.39, 0.29) is 5.56 Å². The summed E-state index contributed by atoms with van der Waals surface area (Å²) >= 11 is 3.37. The van der Waals surface area contributed by atoms with Gasteiger partial charge in [0.1, 0.15) is 4.70 Å². The summed E-state index contributed by atoms with van der Waals surface area (Å²) in [5.74, 6) is 0. The van der Waals surface area contributed by atoms with Crippen LogP contribution in [0.5, 0.6) is 0 Å². The van der Waals surface area contributed by atoms with Crippen LogP contribution in [0.25, 0.3) is 26.7 Å². The summed E-state index contributed by atoms with van der Waals surface area (Å²) in [6, 6.07) is 34.6. The fourth-order valence-corrected chi connectivity index (χ4v) is 8.16. The van der Waals surface area contributed by atoms with E-state index >= 15 is 0 Å². The summed E-state index contributed by atoms with van der Waals surface area (Å²) < 4.78 is 2.78. The number of rotatable bonds is 0. The molecule has 2 nitrogen and oxygen atoms in total. The van der Waals surface area contributed by atoms with Crippen molar-refractivity contribution >= 4 is 44.1 Å². The maximum Gasteiger partial charge on any atom is 0.273 e. The van der Waals surface area contributed by atoms with Crippen molar-refractivity contribution < 1.29 is 0 Å². The van der Waals surface area contributed by atoms with Gasteiger partial charge in [-0.15, -0.1) is 11.3 Å². The molecule has 0 N–H and O–H groups in total. The Kier molecular flexibility index (Phi) is 3.59. The van der Waals surface area contributed by atoms with Gasteiger partial charge in [0.25, 0.3) is 5.56 Å². The summed E-state index contributed by atoms with van der Waals surface area (Å²) in [5.41, 5.74) is 6.47. The number of hydrogen-bond acceptors (Lipinski definition) is 3. The van der Waals surface area contributed by atoms with Crippen LogP contribution in [-0.2, 0) is 5.41 Å². The number of nitrogens with zero attached hydrogens (tertiary/aromatic N) is 1. The van der Waals surface area contributed by atoms with Crippen LogP contribution < -0.4 is 5.56 Å². The average Bonchev–Trinajstić information content (AvgIpc) is 3.39. The Morgan fingerprint density at radius 1 is 0.618 bits per heavy atom. The van der Waals surface area contributed by atoms with Gasteiger partial charge in [0.05, 0.1) is 16.6 Å². The molecule has 4 aromatic carbocycles. The average molecular weight is 472 g/mol. The molecule has 0 amide bonds. The van der Waals surface area contributed by atoms with Gasteiger partial charge in [-0.05, 0) is 51.9 Å². The minimum Gasteiger partial charge on any atom is -0.275 e. The van der Waals surface area contributed by atoms with Gasteiger partial charge >= 0.3 is 0 Å². The number of aromatic nitrogens is 1. The van der Waals surface area contributed by atoms with Crippen LogP contribution in [0.3, 0.4) is 0 Å². The Balaban J connectivity index is 1.71. The van der Waals surface area contributed by atoms with Crippen molar-refractivity contribution in [2.45, 2.75) is 15.2 Å². The molecular weight excluding hydrogens is 454 g/mol. The molecule has 8 rings (SSSR count). The molecule has 6 aromatic rings. The molecule has 34 heavy (non-hydrogen) atoms. The Morgan fingerprint density at radius 2 is 1.26 bits per heavy atom. The molecule has 2 aliphatic rings. The Morgan fingerprint density at radius 3 is 2.03 bits per heavy atom. The van der Waals surface area contributed by atoms with Crippen LogP contribution in [-0.4, -0.2) is 4.57 Å². The zero-order valence-electron chi connectivity index (χ0n) is 18.0. The van der Waals surface area contributed by atoms with Crippen molar-refractivity contribution in [3.05, 3.63) is 135 Å². The largest absolute Gasteiger partial charge is 0.275 e. The topological polar surface area (TPSA) is 22.0 Å². The lowest BCUT2D eigenvalue weighted by atomic mass is 9.62. The van der Waals surface area contributed by atoms with Crippen LogP contribution in [0.4, 0.5) is 0 Å². The Hall–Kier alpha value is -3.60. The Bertz CT molecular complexity index is 1830. The lowest BCUT2D eigenvalue weighted by Crippen LogP contribution is -2.40. The number of fused-ring (bicyclic) bond motifs is 10. The van der Waals surface area contributed by atoms with Gasteiger partial charge in [-0.3, -0.25) is 9.36 Å². The first kappa shape index (κ1) is 18.8. The van der Waals surface area contributed by atoms with Crippen molar-refractivity contribution in [3.63, 3.8) is 0 Å². The van der Waals surface area contributed by atoms with Crippen molar-refractivity contribution in [1.29, 1.82) is 0 Å². The lowest BCUT2D eigenvalue weighted by Gasteiger charge is -2.45. The zero-order valence-corrected chi connectivity index (χ0v) is 19.6. The molecule has 2 aromatic heterocycles. The third-order valence-corrected chi connectivity index (χ3v) is 9.42. The smallest absolute Gasteiger partial charge is 0.273 e. The number of pyridine rings is 1. The predicted molar refractivity (Wildman–Crippen MR) is 141 cm³/mol. The molecule has 0 bridgehead atoms. The highest BCUT2D eigenvalue weighted by Gasteiger charge is 2.49. The second-order valence-corrected chi connectivity index (χ2v) is 10.9. The minimum atomic E-state index is -0.495. The number of para-hydroxylation sites is 2. The van der Waals surface area contributed by atoms with E-state index in [1.54, 1.807) is 0 Å². The van der Waals surface area contributed by atoms with Crippen LogP contribution in [0.2, 0.25) is 0 Å². The van der Waals surface area contributed by atoms with E-state index < -0.39 is 5.41 Å². The first-order valence-electron chi connectivity index (χ1n) is 11.3. The molecule has 2 aliphatic heterocycles. The van der Waals surface area contributed by atoms with Gasteiger partial charge in [-0.2, -0.15) is 0 Å². The molecule has 0 saturated carbocycles. The summed E-state index contributed by atoms with van der Waals surface area (Å²) in [6.45, 7) is 0. The zero-order chi connectivity index (χ0) is 22.4. The lowest BCUT2D eigenvalue weighted by molar-refractivity contribution is 0.684. The molecule has 1 spiro atoms. The molecule has 0 unspecified atom stereocenters. The van der Waals surface area contributed by atoms with Crippen LogP contribution in [0.1, 0.15) is 22.3 Å². The molecule has 0 radical (unpaired) electrons. The Labute approximate surface area is 204 Å². The highest BCUT2D eigenvalue weighted by molar-refractivity contribution is 7.99. The van der Waals surface area contributed by atoms with E-state index in [0.717, 1.165) is 32.2 Å². The molecule has 0 fully saturated rings. The third kappa shape index (κ3) is 2.07. The maximum atomic E-state index is 13.9. The van der Waals surface area contributed by atoms with E-state index in [1.165, 1.54) is 37.8 Å². The normalized spacial score (nSPS) is 14.7. The summed E-state index contributed by atoms with van der Waals surface area (Å²) in [5, 5.41) is 4.21. The second kappa shape index (κ2) is 6.50. The van der Waals surface area contributed by atoms with Crippen LogP contribution in [0.15, 0.2) is 117 Å². The summed E-state index contributed by atoms with van der Waals surface area (Å²) in [6.07, 6.45) is 0. The van der Waals surface area contributed by atoms with E-state index in [4.69, 9.17) is 0 Å². The van der Waals surface area contributed by atoms with Gasteiger partial charge in [0.15, 0.2) is 0 Å². The third-order valence-electron chi connectivity index (χ3n) is 7.37. The molecule has 0 aliphatic carbocycles. The van der Waals surface area contributed by atoms with E-state index in [2.05, 4.69) is 91.0 Å². The standard InChI is InChI=1S/C30H17NOS2/c32-29-28-19(16-17-33-28)18-8-7-12-23-27(18)31(29)24-13-4-1-9-20(24)30(23)21-10-2-5-14-25(21)34-26-15-6-3-11-22(26)30/h1-17H. The van der Waals surface area contributed by atoms with E-state index in [1.807, 2.05) is 27.8 Å². The monoisotopic (exact) mass is 471 g/mol. The predicted octanol–water partition coefficient (Wildman–Crippen LogP) is 7.37. The molecular formula is C30H17NOS2. The highest BCUT2D eigenvalue weighted by Crippen LogP contribution is 2.59. The number of hydrogen-bond donors (Lipinski definition) is 0. The van der Waals surface area contributed by atoms with Crippen molar-refractivity contribution in [1.82, 2.24) is 4.57 Å². The minimum absolute atomic E-state index is 0.0685. The van der Waals surface area contributed by atoms with Crippen LogP contribution in [0, 0.1) is 0 Å². The molecule has 160 valence electrons. The first-order chi connectivity index (χ1) is 16.8. The van der Waals surface area contributed by atoms with Crippen molar-refractivity contribution in [2.24, 2.45) is 0 Å². The van der Waals surface area contributed by atoms with E-state index in [0.29, 0.717) is 0 Å².